The molecule has 8 aromatic rings. The number of carbonyl (C=O) groups is 2. The van der Waals surface area contributed by atoms with Gasteiger partial charge in [0.1, 0.15) is 0 Å². The molecule has 0 bridgehead atoms. The third-order valence-corrected chi connectivity index (χ3v) is 9.99. The Morgan fingerprint density at radius 2 is 1.36 bits per heavy atom. The minimum Gasteiger partial charge on any atom is -0.354 e. The summed E-state index contributed by atoms with van der Waals surface area (Å²) >= 11 is 13.0. The molecule has 0 aliphatic rings. The zero-order valence-corrected chi connectivity index (χ0v) is 28.9. The molecule has 0 atom stereocenters. The number of carbonyl (C=O) groups excluding carboxylic acids is 2. The van der Waals surface area contributed by atoms with Gasteiger partial charge < -0.3 is 25.5 Å². The standard InChI is InChI=1S/C40H34Cl2N6O2/c1-48(19-7-17-43-39(49)34-28-22-24(41)15-16-32(28)46-37-26-11-3-5-14-31(26)47-38(34)37)20-8-18-44-40(50)35-33-23(9-6-12-29(33)42)21-27-25-10-2-4-13-30(25)45-36(27)35/h2-6,9-16,21-22,45,47H,7-8,17-20H2,1H3,(H,43,49)(H,44,50). The van der Waals surface area contributed by atoms with Crippen molar-refractivity contribution in [3.63, 3.8) is 0 Å². The van der Waals surface area contributed by atoms with E-state index in [4.69, 9.17) is 28.2 Å². The maximum absolute atomic E-state index is 13.7. The number of aromatic nitrogens is 3. The van der Waals surface area contributed by atoms with Gasteiger partial charge in [-0.15, -0.1) is 0 Å². The fraction of sp³-hybridized carbons (Fsp3) is 0.175. The number of para-hydroxylation sites is 2. The second kappa shape index (κ2) is 13.3. The number of amides is 2. The molecule has 0 fully saturated rings. The Hall–Kier alpha value is -5.15. The summed E-state index contributed by atoms with van der Waals surface area (Å²) in [6.07, 6.45) is 1.53. The van der Waals surface area contributed by atoms with Crippen LogP contribution in [0.2, 0.25) is 10.0 Å². The van der Waals surface area contributed by atoms with Gasteiger partial charge >= 0.3 is 0 Å². The van der Waals surface area contributed by atoms with Crippen LogP contribution in [0, 0.1) is 0 Å². The first kappa shape index (κ1) is 32.1. The van der Waals surface area contributed by atoms with Gasteiger partial charge in [0, 0.05) is 61.1 Å². The van der Waals surface area contributed by atoms with Crippen molar-refractivity contribution in [3.05, 3.63) is 112 Å². The van der Waals surface area contributed by atoms with Crippen molar-refractivity contribution in [1.82, 2.24) is 30.5 Å². The molecule has 8 rings (SSSR count). The first-order valence-electron chi connectivity index (χ1n) is 16.7. The van der Waals surface area contributed by atoms with Crippen LogP contribution in [-0.4, -0.2) is 64.9 Å². The lowest BCUT2D eigenvalue weighted by molar-refractivity contribution is 0.0948. The van der Waals surface area contributed by atoms with Gasteiger partial charge in [-0.1, -0.05) is 71.7 Å². The molecule has 0 saturated carbocycles. The lowest BCUT2D eigenvalue weighted by Crippen LogP contribution is -2.31. The Morgan fingerprint density at radius 3 is 2.12 bits per heavy atom. The fourth-order valence-corrected chi connectivity index (χ4v) is 7.50. The van der Waals surface area contributed by atoms with Crippen LogP contribution in [0.4, 0.5) is 0 Å². The Labute approximate surface area is 297 Å². The number of rotatable bonds is 10. The molecule has 0 radical (unpaired) electrons. The van der Waals surface area contributed by atoms with E-state index in [1.54, 1.807) is 12.1 Å². The predicted molar refractivity (Wildman–Crippen MR) is 206 cm³/mol. The Kier molecular flexibility index (Phi) is 8.52. The molecule has 50 heavy (non-hydrogen) atoms. The molecule has 0 saturated heterocycles. The molecule has 0 spiro atoms. The van der Waals surface area contributed by atoms with Crippen molar-refractivity contribution in [3.8, 4) is 0 Å². The number of nitrogens with zero attached hydrogens (tertiary/aromatic N) is 2. The summed E-state index contributed by atoms with van der Waals surface area (Å²) in [5.74, 6) is -0.321. The van der Waals surface area contributed by atoms with Gasteiger partial charge in [0.2, 0.25) is 0 Å². The number of H-pyrrole nitrogens is 2. The number of aromatic amines is 2. The van der Waals surface area contributed by atoms with Crippen molar-refractivity contribution in [1.29, 1.82) is 0 Å². The second-order valence-electron chi connectivity index (χ2n) is 12.7. The van der Waals surface area contributed by atoms with Gasteiger partial charge in [0.25, 0.3) is 11.8 Å². The van der Waals surface area contributed by atoms with E-state index in [1.807, 2.05) is 66.7 Å². The topological polar surface area (TPSA) is 106 Å². The van der Waals surface area contributed by atoms with Gasteiger partial charge in [-0.25, -0.2) is 4.98 Å². The highest BCUT2D eigenvalue weighted by Gasteiger charge is 2.21. The highest BCUT2D eigenvalue weighted by molar-refractivity contribution is 6.38. The molecule has 0 aliphatic carbocycles. The van der Waals surface area contributed by atoms with Gasteiger partial charge in [0.05, 0.1) is 33.2 Å². The van der Waals surface area contributed by atoms with Crippen LogP contribution in [-0.2, 0) is 0 Å². The van der Waals surface area contributed by atoms with E-state index in [1.165, 1.54) is 0 Å². The normalized spacial score (nSPS) is 11.9. The van der Waals surface area contributed by atoms with Crippen LogP contribution in [0.15, 0.2) is 91.0 Å². The molecule has 0 unspecified atom stereocenters. The summed E-state index contributed by atoms with van der Waals surface area (Å²) in [5.41, 5.74) is 5.99. The highest BCUT2D eigenvalue weighted by Crippen LogP contribution is 2.37. The maximum Gasteiger partial charge on any atom is 0.254 e. The van der Waals surface area contributed by atoms with Gasteiger partial charge in [-0.05, 0) is 80.8 Å². The largest absolute Gasteiger partial charge is 0.354 e. The number of benzene rings is 5. The highest BCUT2D eigenvalue weighted by atomic mass is 35.5. The average molecular weight is 702 g/mol. The van der Waals surface area contributed by atoms with Crippen molar-refractivity contribution in [2.75, 3.05) is 33.2 Å². The van der Waals surface area contributed by atoms with E-state index in [9.17, 15) is 9.59 Å². The second-order valence-corrected chi connectivity index (χ2v) is 13.6. The molecule has 4 N–H and O–H groups in total. The number of pyridine rings is 1. The summed E-state index contributed by atoms with van der Waals surface area (Å²) in [6, 6.07) is 29.3. The molecular formula is C40H34Cl2N6O2. The number of hydrogen-bond donors (Lipinski definition) is 4. The van der Waals surface area contributed by atoms with Crippen molar-refractivity contribution >= 4 is 100 Å². The van der Waals surface area contributed by atoms with E-state index < -0.39 is 0 Å². The number of halogens is 2. The summed E-state index contributed by atoms with van der Waals surface area (Å²) < 4.78 is 0. The monoisotopic (exact) mass is 700 g/mol. The van der Waals surface area contributed by atoms with E-state index in [0.29, 0.717) is 45.2 Å². The van der Waals surface area contributed by atoms with Gasteiger partial charge in [0.15, 0.2) is 0 Å². The van der Waals surface area contributed by atoms with Crippen molar-refractivity contribution in [2.24, 2.45) is 0 Å². The summed E-state index contributed by atoms with van der Waals surface area (Å²) in [4.78, 5) is 41.3. The Morgan fingerprint density at radius 1 is 0.700 bits per heavy atom. The van der Waals surface area contributed by atoms with Crippen molar-refractivity contribution < 1.29 is 9.59 Å². The quantitative estimate of drug-likeness (QED) is 0.107. The predicted octanol–water partition coefficient (Wildman–Crippen LogP) is 8.84. The summed E-state index contributed by atoms with van der Waals surface area (Å²) in [6.45, 7) is 2.60. The van der Waals surface area contributed by atoms with Crippen LogP contribution in [0.5, 0.6) is 0 Å². The molecule has 0 aliphatic heterocycles. The maximum atomic E-state index is 13.7. The van der Waals surface area contributed by atoms with Crippen LogP contribution >= 0.6 is 23.2 Å². The van der Waals surface area contributed by atoms with Crippen LogP contribution in [0.3, 0.4) is 0 Å². The van der Waals surface area contributed by atoms with E-state index >= 15 is 0 Å². The average Bonchev–Trinajstić information content (AvgIpc) is 3.68. The number of fused-ring (bicyclic) bond motifs is 8. The molecule has 5 aromatic carbocycles. The minimum absolute atomic E-state index is 0.153. The molecule has 10 heteroatoms. The number of hydrogen-bond acceptors (Lipinski definition) is 4. The van der Waals surface area contributed by atoms with E-state index in [0.717, 1.165) is 80.4 Å². The van der Waals surface area contributed by atoms with E-state index in [-0.39, 0.29) is 11.8 Å². The fourth-order valence-electron chi connectivity index (χ4n) is 7.05. The third-order valence-electron chi connectivity index (χ3n) is 9.44. The van der Waals surface area contributed by atoms with Crippen LogP contribution in [0.25, 0.3) is 65.4 Å². The third kappa shape index (κ3) is 5.79. The van der Waals surface area contributed by atoms with E-state index in [2.05, 4.69) is 44.7 Å². The van der Waals surface area contributed by atoms with Gasteiger partial charge in [-0.3, -0.25) is 9.59 Å². The minimum atomic E-state index is -0.167. The first-order valence-corrected chi connectivity index (χ1v) is 17.5. The Bertz CT molecular complexity index is 2610. The lowest BCUT2D eigenvalue weighted by Gasteiger charge is -2.17. The number of nitrogens with one attached hydrogen (secondary N) is 4. The smallest absolute Gasteiger partial charge is 0.254 e. The molecule has 3 aromatic heterocycles. The molecule has 2 amide bonds. The van der Waals surface area contributed by atoms with Crippen LogP contribution < -0.4 is 10.6 Å². The van der Waals surface area contributed by atoms with Crippen molar-refractivity contribution in [2.45, 2.75) is 12.8 Å². The molecule has 3 heterocycles. The molecular weight excluding hydrogens is 667 g/mol. The summed E-state index contributed by atoms with van der Waals surface area (Å²) in [5, 5.41) is 12.8. The van der Waals surface area contributed by atoms with Gasteiger partial charge in [-0.2, -0.15) is 0 Å². The first-order chi connectivity index (χ1) is 24.4. The Balaban J connectivity index is 0.893. The zero-order valence-electron chi connectivity index (χ0n) is 27.4. The lowest BCUT2D eigenvalue weighted by atomic mass is 9.99. The SMILES string of the molecule is CN(CCCNC(=O)c1c2cc(Cl)ccc2nc2c1[nH]c1ccccc12)CCCNC(=O)c1c2[nH]c3ccccc3c2cc2cccc(Cl)c12. The van der Waals surface area contributed by atoms with Crippen LogP contribution in [0.1, 0.15) is 33.6 Å². The zero-order chi connectivity index (χ0) is 34.4. The molecule has 8 nitrogen and oxygen atoms in total. The molecule has 250 valence electrons. The summed E-state index contributed by atoms with van der Waals surface area (Å²) in [7, 11) is 2.05.